The van der Waals surface area contributed by atoms with Crippen LogP contribution in [0.4, 0.5) is 11.4 Å². The van der Waals surface area contributed by atoms with E-state index in [-0.39, 0.29) is 29.2 Å². The summed E-state index contributed by atoms with van der Waals surface area (Å²) in [5.41, 5.74) is 1.18. The number of nitro groups is 1. The van der Waals surface area contributed by atoms with E-state index in [9.17, 15) is 19.7 Å². The largest absolute Gasteiger partial charge is 0.452 e. The third-order valence-electron chi connectivity index (χ3n) is 4.95. The van der Waals surface area contributed by atoms with Crippen molar-refractivity contribution >= 4 is 23.3 Å². The van der Waals surface area contributed by atoms with E-state index >= 15 is 0 Å². The number of nitrogens with one attached hydrogen (secondary N) is 1. The minimum absolute atomic E-state index is 0.0320. The summed E-state index contributed by atoms with van der Waals surface area (Å²) in [5.74, 6) is -1.14. The van der Waals surface area contributed by atoms with Crippen molar-refractivity contribution in [3.63, 3.8) is 0 Å². The summed E-state index contributed by atoms with van der Waals surface area (Å²) in [5, 5.41) is 14.4. The van der Waals surface area contributed by atoms with Crippen LogP contribution in [0.2, 0.25) is 0 Å². The van der Waals surface area contributed by atoms with Crippen LogP contribution in [0.3, 0.4) is 0 Å². The summed E-state index contributed by atoms with van der Waals surface area (Å²) < 4.78 is 5.09. The quantitative estimate of drug-likeness (QED) is 0.415. The van der Waals surface area contributed by atoms with Gasteiger partial charge in [0.15, 0.2) is 6.61 Å². The highest BCUT2D eigenvalue weighted by atomic mass is 16.6. The van der Waals surface area contributed by atoms with Crippen molar-refractivity contribution in [2.24, 2.45) is 0 Å². The van der Waals surface area contributed by atoms with Gasteiger partial charge in [-0.15, -0.1) is 0 Å². The lowest BCUT2D eigenvalue weighted by Gasteiger charge is -2.25. The van der Waals surface area contributed by atoms with Crippen LogP contribution in [0, 0.1) is 10.1 Å². The fourth-order valence-corrected chi connectivity index (χ4v) is 2.86. The first-order valence-electron chi connectivity index (χ1n) is 9.39. The molecule has 0 aromatic heterocycles. The van der Waals surface area contributed by atoms with E-state index < -0.39 is 17.5 Å². The number of nitrogens with zero attached hydrogens (tertiary/aromatic N) is 2. The Balaban J connectivity index is 1.61. The molecule has 1 N–H and O–H groups in total. The zero-order chi connectivity index (χ0) is 21.0. The number of esters is 1. The van der Waals surface area contributed by atoms with Crippen LogP contribution < -0.4 is 5.32 Å². The summed E-state index contributed by atoms with van der Waals surface area (Å²) in [7, 11) is 1.64. The summed E-state index contributed by atoms with van der Waals surface area (Å²) in [6.07, 6.45) is 1.94. The van der Waals surface area contributed by atoms with Gasteiger partial charge in [0, 0.05) is 19.2 Å². The number of likely N-dealkylation sites (N-methyl/N-ethyl adjacent to an activating group) is 1. The molecule has 29 heavy (non-hydrogen) atoms. The van der Waals surface area contributed by atoms with E-state index in [1.165, 1.54) is 23.1 Å². The molecule has 8 heteroatoms. The van der Waals surface area contributed by atoms with Crippen molar-refractivity contribution < 1.29 is 19.2 Å². The molecule has 1 aliphatic rings. The van der Waals surface area contributed by atoms with Gasteiger partial charge in [0.05, 0.1) is 16.5 Å². The molecule has 0 bridgehead atoms. The highest BCUT2D eigenvalue weighted by Crippen LogP contribution is 2.31. The molecule has 2 aromatic carbocycles. The molecule has 1 aliphatic carbocycles. The smallest absolute Gasteiger partial charge is 0.338 e. The van der Waals surface area contributed by atoms with E-state index in [0.717, 1.165) is 18.4 Å². The van der Waals surface area contributed by atoms with E-state index in [1.54, 1.807) is 7.05 Å². The predicted octanol–water partition coefficient (Wildman–Crippen LogP) is 3.55. The predicted molar refractivity (Wildman–Crippen MR) is 108 cm³/mol. The zero-order valence-corrected chi connectivity index (χ0v) is 16.3. The second-order valence-electron chi connectivity index (χ2n) is 7.08. The van der Waals surface area contributed by atoms with Gasteiger partial charge >= 0.3 is 5.97 Å². The Labute approximate surface area is 168 Å². The number of hydrogen-bond donors (Lipinski definition) is 1. The molecule has 0 saturated heterocycles. The topological polar surface area (TPSA) is 102 Å². The molecule has 8 nitrogen and oxygen atoms in total. The van der Waals surface area contributed by atoms with Gasteiger partial charge in [-0.05, 0) is 37.5 Å². The van der Waals surface area contributed by atoms with E-state index in [4.69, 9.17) is 4.74 Å². The molecular weight excluding hydrogens is 374 g/mol. The van der Waals surface area contributed by atoms with Crippen molar-refractivity contribution in [3.05, 3.63) is 69.8 Å². The molecule has 0 unspecified atom stereocenters. The van der Waals surface area contributed by atoms with E-state index in [2.05, 4.69) is 5.32 Å². The number of hydrogen-bond acceptors (Lipinski definition) is 6. The Kier molecular flexibility index (Phi) is 6.11. The summed E-state index contributed by atoms with van der Waals surface area (Å²) in [6, 6.07) is 13.7. The van der Waals surface area contributed by atoms with Crippen molar-refractivity contribution in [2.45, 2.75) is 31.8 Å². The van der Waals surface area contributed by atoms with Gasteiger partial charge in [0.2, 0.25) is 0 Å². The number of rotatable bonds is 8. The number of benzene rings is 2. The van der Waals surface area contributed by atoms with Gasteiger partial charge in [0.1, 0.15) is 5.69 Å². The van der Waals surface area contributed by atoms with E-state index in [1.807, 2.05) is 37.3 Å². The summed E-state index contributed by atoms with van der Waals surface area (Å²) in [6.45, 7) is 1.44. The first kappa shape index (κ1) is 20.3. The molecule has 0 spiro atoms. The standard InChI is InChI=1S/C21H23N3O5/c1-14(15-6-4-3-5-7-15)23(2)20(25)13-29-21(26)16-8-11-18(22-17-9-10-17)19(12-16)24(27)28/h3-8,11-12,14,17,22H,9-10,13H2,1-2H3/t14-/m1/s1. The number of carbonyl (C=O) groups excluding carboxylic acids is 2. The number of amides is 1. The molecule has 0 heterocycles. The van der Waals surface area contributed by atoms with Gasteiger partial charge in [-0.1, -0.05) is 30.3 Å². The fourth-order valence-electron chi connectivity index (χ4n) is 2.86. The highest BCUT2D eigenvalue weighted by Gasteiger charge is 2.26. The minimum atomic E-state index is -0.778. The number of carbonyl (C=O) groups is 2. The van der Waals surface area contributed by atoms with Crippen LogP contribution in [-0.4, -0.2) is 41.4 Å². The van der Waals surface area contributed by atoms with Crippen molar-refractivity contribution in [1.82, 2.24) is 4.90 Å². The lowest BCUT2D eigenvalue weighted by Crippen LogP contribution is -2.33. The van der Waals surface area contributed by atoms with Crippen LogP contribution in [0.25, 0.3) is 0 Å². The average molecular weight is 397 g/mol. The maximum absolute atomic E-state index is 12.4. The lowest BCUT2D eigenvalue weighted by atomic mass is 10.1. The minimum Gasteiger partial charge on any atom is -0.452 e. The van der Waals surface area contributed by atoms with Crippen LogP contribution in [0.1, 0.15) is 41.7 Å². The molecule has 3 rings (SSSR count). The molecule has 1 fully saturated rings. The average Bonchev–Trinajstić information content (AvgIpc) is 3.55. The first-order chi connectivity index (χ1) is 13.9. The monoisotopic (exact) mass is 397 g/mol. The Morgan fingerprint density at radius 3 is 2.55 bits per heavy atom. The Bertz CT molecular complexity index is 912. The second kappa shape index (κ2) is 8.72. The molecular formula is C21H23N3O5. The lowest BCUT2D eigenvalue weighted by molar-refractivity contribution is -0.384. The van der Waals surface area contributed by atoms with Crippen molar-refractivity contribution in [2.75, 3.05) is 19.0 Å². The maximum atomic E-state index is 12.4. The van der Waals surface area contributed by atoms with Crippen molar-refractivity contribution in [3.8, 4) is 0 Å². The molecule has 1 atom stereocenters. The Morgan fingerprint density at radius 1 is 1.24 bits per heavy atom. The molecule has 0 radical (unpaired) electrons. The third-order valence-corrected chi connectivity index (χ3v) is 4.95. The van der Waals surface area contributed by atoms with Crippen LogP contribution in [0.5, 0.6) is 0 Å². The van der Waals surface area contributed by atoms with Gasteiger partial charge in [-0.2, -0.15) is 0 Å². The number of anilines is 1. The van der Waals surface area contributed by atoms with Crippen LogP contribution in [0.15, 0.2) is 48.5 Å². The molecule has 2 aromatic rings. The Hall–Kier alpha value is -3.42. The van der Waals surface area contributed by atoms with Gasteiger partial charge in [-0.3, -0.25) is 14.9 Å². The second-order valence-corrected chi connectivity index (χ2v) is 7.08. The summed E-state index contributed by atoms with van der Waals surface area (Å²) in [4.78, 5) is 36.9. The molecule has 0 aliphatic heterocycles. The molecule has 152 valence electrons. The van der Waals surface area contributed by atoms with Crippen molar-refractivity contribution in [1.29, 1.82) is 0 Å². The van der Waals surface area contributed by atoms with E-state index in [0.29, 0.717) is 5.69 Å². The Morgan fingerprint density at radius 2 is 1.93 bits per heavy atom. The van der Waals surface area contributed by atoms with Crippen LogP contribution >= 0.6 is 0 Å². The fraction of sp³-hybridized carbons (Fsp3) is 0.333. The first-order valence-corrected chi connectivity index (χ1v) is 9.39. The number of ether oxygens (including phenoxy) is 1. The molecule has 1 saturated carbocycles. The van der Waals surface area contributed by atoms with Gasteiger partial charge in [-0.25, -0.2) is 4.79 Å². The maximum Gasteiger partial charge on any atom is 0.338 e. The normalized spacial score (nSPS) is 14.0. The highest BCUT2D eigenvalue weighted by molar-refractivity contribution is 5.93. The number of nitro benzene ring substituents is 1. The van der Waals surface area contributed by atoms with Gasteiger partial charge in [0.25, 0.3) is 11.6 Å². The zero-order valence-electron chi connectivity index (χ0n) is 16.3. The summed E-state index contributed by atoms with van der Waals surface area (Å²) >= 11 is 0. The van der Waals surface area contributed by atoms with Crippen LogP contribution in [-0.2, 0) is 9.53 Å². The SMILES string of the molecule is C[C@H](c1ccccc1)N(C)C(=O)COC(=O)c1ccc(NC2CC2)c([N+](=O)[O-])c1. The third kappa shape index (κ3) is 5.10. The molecule has 1 amide bonds. The van der Waals surface area contributed by atoms with Gasteiger partial charge < -0.3 is 15.0 Å².